The average Bonchev–Trinajstić information content (AvgIpc) is 3.51. The minimum absolute atomic E-state index is 0.183. The van der Waals surface area contributed by atoms with Crippen molar-refractivity contribution in [2.75, 3.05) is 31.1 Å². The number of carbonyl (C=O) groups excluding carboxylic acids is 1. The fourth-order valence-corrected chi connectivity index (χ4v) is 3.62. The molecule has 1 aliphatic heterocycles. The van der Waals surface area contributed by atoms with Gasteiger partial charge in [0, 0.05) is 43.9 Å². The molecule has 148 valence electrons. The molecule has 2 aliphatic rings. The Morgan fingerprint density at radius 1 is 1.03 bits per heavy atom. The van der Waals surface area contributed by atoms with Crippen molar-refractivity contribution < 1.29 is 9.32 Å². The third-order valence-electron chi connectivity index (χ3n) is 5.53. The van der Waals surface area contributed by atoms with E-state index in [9.17, 15) is 4.79 Å². The Labute approximate surface area is 169 Å². The molecule has 0 unspecified atom stereocenters. The van der Waals surface area contributed by atoms with Crippen LogP contribution in [0.15, 0.2) is 53.2 Å². The standard InChI is InChI=1S/C22H23N5O2/c28-20(14-16-4-2-1-3-5-16)27-12-10-26(11-13-27)19-9-8-18(15-23-19)21-24-22(29-25-21)17-6-7-17/h1-5,8-9,15,17H,6-7,10-14H2. The highest BCUT2D eigenvalue weighted by Crippen LogP contribution is 2.39. The Balaban J connectivity index is 1.18. The molecular weight excluding hydrogens is 366 g/mol. The SMILES string of the molecule is O=C(Cc1ccccc1)N1CCN(c2ccc(-c3noc(C4CC4)n3)cn2)CC1. The number of rotatable bonds is 5. The number of piperazine rings is 1. The van der Waals surface area contributed by atoms with Crippen molar-refractivity contribution in [1.29, 1.82) is 0 Å². The van der Waals surface area contributed by atoms with E-state index in [-0.39, 0.29) is 5.91 Å². The van der Waals surface area contributed by atoms with Crippen LogP contribution < -0.4 is 4.90 Å². The third-order valence-corrected chi connectivity index (χ3v) is 5.53. The van der Waals surface area contributed by atoms with Crippen molar-refractivity contribution >= 4 is 11.7 Å². The molecule has 0 spiro atoms. The van der Waals surface area contributed by atoms with Gasteiger partial charge in [-0.1, -0.05) is 35.5 Å². The maximum atomic E-state index is 12.5. The van der Waals surface area contributed by atoms with Gasteiger partial charge in [-0.2, -0.15) is 4.98 Å². The molecule has 1 aliphatic carbocycles. The second kappa shape index (κ2) is 7.66. The van der Waals surface area contributed by atoms with Crippen molar-refractivity contribution in [3.63, 3.8) is 0 Å². The van der Waals surface area contributed by atoms with E-state index in [1.165, 1.54) is 0 Å². The summed E-state index contributed by atoms with van der Waals surface area (Å²) < 4.78 is 5.33. The first-order valence-corrected chi connectivity index (χ1v) is 10.1. The zero-order valence-corrected chi connectivity index (χ0v) is 16.2. The highest BCUT2D eigenvalue weighted by atomic mass is 16.5. The van der Waals surface area contributed by atoms with Crippen LogP contribution in [0, 0.1) is 0 Å². The number of hydrogen-bond donors (Lipinski definition) is 0. The van der Waals surface area contributed by atoms with Crippen molar-refractivity contribution in [3.8, 4) is 11.4 Å². The smallest absolute Gasteiger partial charge is 0.230 e. The molecule has 2 fully saturated rings. The monoisotopic (exact) mass is 389 g/mol. The summed E-state index contributed by atoms with van der Waals surface area (Å²) in [5.74, 6) is 2.88. The van der Waals surface area contributed by atoms with E-state index >= 15 is 0 Å². The predicted molar refractivity (Wildman–Crippen MR) is 108 cm³/mol. The normalized spacial score (nSPS) is 16.8. The van der Waals surface area contributed by atoms with E-state index in [2.05, 4.69) is 20.0 Å². The Kier molecular flexibility index (Phi) is 4.71. The summed E-state index contributed by atoms with van der Waals surface area (Å²) in [6, 6.07) is 13.9. The molecule has 29 heavy (non-hydrogen) atoms. The number of pyridine rings is 1. The quantitative estimate of drug-likeness (QED) is 0.668. The van der Waals surface area contributed by atoms with Gasteiger partial charge in [-0.15, -0.1) is 0 Å². The van der Waals surface area contributed by atoms with E-state index in [0.717, 1.165) is 48.8 Å². The number of amides is 1. The van der Waals surface area contributed by atoms with Gasteiger partial charge in [0.25, 0.3) is 0 Å². The number of hydrogen-bond acceptors (Lipinski definition) is 6. The number of carbonyl (C=O) groups is 1. The maximum absolute atomic E-state index is 12.5. The highest BCUT2D eigenvalue weighted by molar-refractivity contribution is 5.79. The molecule has 0 N–H and O–H groups in total. The van der Waals surface area contributed by atoms with E-state index in [4.69, 9.17) is 4.52 Å². The molecule has 0 bridgehead atoms. The van der Waals surface area contributed by atoms with Gasteiger partial charge in [-0.25, -0.2) is 4.98 Å². The molecule has 0 atom stereocenters. The fourth-order valence-electron chi connectivity index (χ4n) is 3.62. The molecule has 0 radical (unpaired) electrons. The van der Waals surface area contributed by atoms with Crippen LogP contribution in [0.3, 0.4) is 0 Å². The van der Waals surface area contributed by atoms with Crippen LogP contribution in [0.4, 0.5) is 5.82 Å². The average molecular weight is 389 g/mol. The summed E-state index contributed by atoms with van der Waals surface area (Å²) in [6.45, 7) is 2.98. The molecule has 7 heteroatoms. The molecule has 2 aromatic heterocycles. The zero-order valence-electron chi connectivity index (χ0n) is 16.2. The molecule has 1 aromatic carbocycles. The van der Waals surface area contributed by atoms with Gasteiger partial charge >= 0.3 is 0 Å². The third kappa shape index (κ3) is 3.99. The summed E-state index contributed by atoms with van der Waals surface area (Å²) in [7, 11) is 0. The van der Waals surface area contributed by atoms with Crippen LogP contribution >= 0.6 is 0 Å². The molecular formula is C22H23N5O2. The van der Waals surface area contributed by atoms with Crippen LogP contribution in [0.5, 0.6) is 0 Å². The summed E-state index contributed by atoms with van der Waals surface area (Å²) in [6.07, 6.45) is 4.53. The topological polar surface area (TPSA) is 75.4 Å². The minimum atomic E-state index is 0.183. The second-order valence-electron chi connectivity index (χ2n) is 7.67. The van der Waals surface area contributed by atoms with E-state index < -0.39 is 0 Å². The zero-order chi connectivity index (χ0) is 19.6. The molecule has 1 saturated heterocycles. The largest absolute Gasteiger partial charge is 0.353 e. The predicted octanol–water partition coefficient (Wildman–Crippen LogP) is 2.90. The summed E-state index contributed by atoms with van der Waals surface area (Å²) >= 11 is 0. The Bertz CT molecular complexity index is 974. The molecule has 3 heterocycles. The van der Waals surface area contributed by atoms with E-state index in [1.807, 2.05) is 47.4 Å². The molecule has 5 rings (SSSR count). The van der Waals surface area contributed by atoms with Crippen LogP contribution in [-0.4, -0.2) is 52.1 Å². The van der Waals surface area contributed by atoms with Gasteiger partial charge in [0.15, 0.2) is 0 Å². The van der Waals surface area contributed by atoms with E-state index in [0.29, 0.717) is 31.3 Å². The first-order chi connectivity index (χ1) is 14.3. The second-order valence-corrected chi connectivity index (χ2v) is 7.67. The highest BCUT2D eigenvalue weighted by Gasteiger charge is 2.30. The van der Waals surface area contributed by atoms with Crippen LogP contribution in [-0.2, 0) is 11.2 Å². The number of benzene rings is 1. The summed E-state index contributed by atoms with van der Waals surface area (Å²) in [5.41, 5.74) is 1.92. The van der Waals surface area contributed by atoms with E-state index in [1.54, 1.807) is 6.20 Å². The minimum Gasteiger partial charge on any atom is -0.353 e. The lowest BCUT2D eigenvalue weighted by Gasteiger charge is -2.35. The van der Waals surface area contributed by atoms with Gasteiger partial charge in [0.1, 0.15) is 5.82 Å². The Hall–Kier alpha value is -3.22. The Morgan fingerprint density at radius 3 is 2.52 bits per heavy atom. The van der Waals surface area contributed by atoms with Gasteiger partial charge in [-0.05, 0) is 30.5 Å². The lowest BCUT2D eigenvalue weighted by atomic mass is 10.1. The lowest BCUT2D eigenvalue weighted by molar-refractivity contribution is -0.130. The Morgan fingerprint density at radius 2 is 1.83 bits per heavy atom. The van der Waals surface area contributed by atoms with Crippen molar-refractivity contribution in [3.05, 3.63) is 60.1 Å². The molecule has 1 saturated carbocycles. The summed E-state index contributed by atoms with van der Waals surface area (Å²) in [5, 5.41) is 4.07. The molecule has 1 amide bonds. The molecule has 7 nitrogen and oxygen atoms in total. The number of aromatic nitrogens is 3. The van der Waals surface area contributed by atoms with Crippen LogP contribution in [0.2, 0.25) is 0 Å². The first kappa shape index (κ1) is 17.8. The lowest BCUT2D eigenvalue weighted by Crippen LogP contribution is -2.49. The fraction of sp³-hybridized carbons (Fsp3) is 0.364. The van der Waals surface area contributed by atoms with Crippen LogP contribution in [0.25, 0.3) is 11.4 Å². The van der Waals surface area contributed by atoms with Gasteiger partial charge < -0.3 is 14.3 Å². The maximum Gasteiger partial charge on any atom is 0.230 e. The first-order valence-electron chi connectivity index (χ1n) is 10.1. The van der Waals surface area contributed by atoms with Gasteiger partial charge in [0.05, 0.1) is 6.42 Å². The van der Waals surface area contributed by atoms with Gasteiger partial charge in [0.2, 0.25) is 17.6 Å². The van der Waals surface area contributed by atoms with Crippen molar-refractivity contribution in [1.82, 2.24) is 20.0 Å². The summed E-state index contributed by atoms with van der Waals surface area (Å²) in [4.78, 5) is 25.7. The van der Waals surface area contributed by atoms with Crippen molar-refractivity contribution in [2.45, 2.75) is 25.2 Å². The number of anilines is 1. The molecule has 3 aromatic rings. The van der Waals surface area contributed by atoms with Crippen LogP contribution in [0.1, 0.15) is 30.2 Å². The van der Waals surface area contributed by atoms with Gasteiger partial charge in [-0.3, -0.25) is 4.79 Å². The number of nitrogens with zero attached hydrogens (tertiary/aromatic N) is 5. The van der Waals surface area contributed by atoms with Crippen molar-refractivity contribution in [2.24, 2.45) is 0 Å².